The first kappa shape index (κ1) is 21.4. The summed E-state index contributed by atoms with van der Waals surface area (Å²) in [6.45, 7) is 4.20. The van der Waals surface area contributed by atoms with E-state index in [-0.39, 0.29) is 0 Å². The van der Waals surface area contributed by atoms with Crippen molar-refractivity contribution in [2.75, 3.05) is 7.11 Å². The second-order valence-electron chi connectivity index (χ2n) is 6.56. The largest absolute Gasteiger partial charge is 0.495 e. The first-order valence-electron chi connectivity index (χ1n) is 9.66. The van der Waals surface area contributed by atoms with Gasteiger partial charge in [0.2, 0.25) is 0 Å². The molecule has 146 valence electrons. The lowest BCUT2D eigenvalue weighted by Crippen LogP contribution is -2.06. The number of allylic oxidation sites excluding steroid dienone is 2. The molecule has 2 atom stereocenters. The lowest BCUT2D eigenvalue weighted by molar-refractivity contribution is 0.209. The van der Waals surface area contributed by atoms with E-state index in [0.29, 0.717) is 22.0 Å². The zero-order valence-electron chi connectivity index (χ0n) is 16.5. The molecular weight excluding hydrogens is 356 g/mol. The smallest absolute Gasteiger partial charge is 0.136 e. The third kappa shape index (κ3) is 5.78. The Labute approximate surface area is 165 Å². The predicted octanol–water partition coefficient (Wildman–Crippen LogP) is 5.75. The summed E-state index contributed by atoms with van der Waals surface area (Å²) in [5.74, 6) is 0.602. The maximum atomic E-state index is 13.5. The van der Waals surface area contributed by atoms with E-state index in [0.717, 1.165) is 36.5 Å². The molecule has 27 heavy (non-hydrogen) atoms. The summed E-state index contributed by atoms with van der Waals surface area (Å²) in [6, 6.07) is 11.7. The van der Waals surface area contributed by atoms with E-state index < -0.39 is 16.9 Å². The van der Waals surface area contributed by atoms with Gasteiger partial charge in [-0.3, -0.25) is 0 Å². The Bertz CT molecular complexity index is 823. The van der Waals surface area contributed by atoms with Crippen molar-refractivity contribution in [2.45, 2.75) is 57.0 Å². The van der Waals surface area contributed by atoms with Gasteiger partial charge in [0.15, 0.2) is 0 Å². The van der Waals surface area contributed by atoms with Crippen LogP contribution in [0.15, 0.2) is 64.4 Å². The van der Waals surface area contributed by atoms with Crippen molar-refractivity contribution < 1.29 is 14.1 Å². The Morgan fingerprint density at radius 2 is 1.96 bits per heavy atom. The van der Waals surface area contributed by atoms with Gasteiger partial charge in [-0.25, -0.2) is 4.21 Å². The molecule has 0 radical (unpaired) electrons. The summed E-state index contributed by atoms with van der Waals surface area (Å²) in [4.78, 5) is 1.28. The molecule has 0 aromatic heterocycles. The highest BCUT2D eigenvalue weighted by atomic mass is 32.2. The zero-order chi connectivity index (χ0) is 19.6. The fourth-order valence-electron chi connectivity index (χ4n) is 2.92. The molecule has 0 saturated carbocycles. The van der Waals surface area contributed by atoms with Crippen molar-refractivity contribution in [2.24, 2.45) is 0 Å². The maximum absolute atomic E-state index is 13.5. The molecule has 1 unspecified atom stereocenters. The third-order valence-electron chi connectivity index (χ3n) is 4.41. The van der Waals surface area contributed by atoms with Crippen molar-refractivity contribution in [1.29, 1.82) is 0 Å². The summed E-state index contributed by atoms with van der Waals surface area (Å²) in [5, 5.41) is 12.3. The van der Waals surface area contributed by atoms with Gasteiger partial charge in [0.1, 0.15) is 5.75 Å². The Balaban J connectivity index is 2.51. The van der Waals surface area contributed by atoms with Crippen LogP contribution in [-0.2, 0) is 10.8 Å². The van der Waals surface area contributed by atoms with Crippen LogP contribution in [0.5, 0.6) is 5.75 Å². The lowest BCUT2D eigenvalue weighted by atomic mass is 10.1. The number of unbranched alkanes of at least 4 members (excludes halogenated alkanes) is 2. The standard InChI is InChI=1S/C23H30O3S/c1-4-6-8-13-20(17-19(24)12-7-5-2)27(25)23-21-14-10-9-11-18(21)15-16-22(23)26-3/h8-11,13-17,19,24H,4-7,12H2,1-3H3/b13-8+,20-17+/t19-,27?/m1/s1. The van der Waals surface area contributed by atoms with Crippen LogP contribution in [0.1, 0.15) is 46.0 Å². The number of aliphatic hydroxyl groups excluding tert-OH is 1. The number of ether oxygens (including phenoxy) is 1. The van der Waals surface area contributed by atoms with Crippen LogP contribution < -0.4 is 4.74 Å². The molecule has 2 aromatic rings. The molecular formula is C23H30O3S. The minimum atomic E-state index is -1.45. The first-order chi connectivity index (χ1) is 13.1. The van der Waals surface area contributed by atoms with Gasteiger partial charge in [-0.2, -0.15) is 0 Å². The SMILES string of the molecule is CCC/C=C/C(=C\[C@H](O)CCCC)S(=O)c1c(OC)ccc2ccccc12. The van der Waals surface area contributed by atoms with E-state index in [1.807, 2.05) is 48.6 Å². The Hall–Kier alpha value is -1.91. The van der Waals surface area contributed by atoms with E-state index in [2.05, 4.69) is 13.8 Å². The predicted molar refractivity (Wildman–Crippen MR) is 115 cm³/mol. The van der Waals surface area contributed by atoms with Gasteiger partial charge in [-0.15, -0.1) is 0 Å². The molecule has 0 bridgehead atoms. The number of rotatable bonds is 10. The molecule has 0 aliphatic heterocycles. The molecule has 3 nitrogen and oxygen atoms in total. The van der Waals surface area contributed by atoms with Crippen molar-refractivity contribution in [3.05, 3.63) is 59.5 Å². The van der Waals surface area contributed by atoms with Gasteiger partial charge in [0.05, 0.1) is 28.9 Å². The highest BCUT2D eigenvalue weighted by Crippen LogP contribution is 2.34. The fraction of sp³-hybridized carbons (Fsp3) is 0.391. The monoisotopic (exact) mass is 386 g/mol. The highest BCUT2D eigenvalue weighted by molar-refractivity contribution is 7.89. The van der Waals surface area contributed by atoms with E-state index in [4.69, 9.17) is 4.74 Å². The van der Waals surface area contributed by atoms with Crippen LogP contribution in [0.3, 0.4) is 0 Å². The Morgan fingerprint density at radius 3 is 2.67 bits per heavy atom. The number of aliphatic hydroxyl groups is 1. The number of benzene rings is 2. The lowest BCUT2D eigenvalue weighted by Gasteiger charge is -2.14. The molecule has 0 aliphatic rings. The summed E-state index contributed by atoms with van der Waals surface area (Å²) < 4.78 is 19.1. The van der Waals surface area contributed by atoms with Crippen molar-refractivity contribution in [1.82, 2.24) is 0 Å². The first-order valence-corrected chi connectivity index (χ1v) is 10.8. The van der Waals surface area contributed by atoms with Crippen LogP contribution in [0.4, 0.5) is 0 Å². The maximum Gasteiger partial charge on any atom is 0.136 e. The molecule has 2 aromatic carbocycles. The molecule has 0 aliphatic carbocycles. The number of hydrogen-bond donors (Lipinski definition) is 1. The fourth-order valence-corrected chi connectivity index (χ4v) is 4.38. The summed E-state index contributed by atoms with van der Waals surface area (Å²) in [5.41, 5.74) is 0. The van der Waals surface area contributed by atoms with Crippen LogP contribution in [0.2, 0.25) is 0 Å². The van der Waals surface area contributed by atoms with Crippen molar-refractivity contribution >= 4 is 21.6 Å². The molecule has 0 spiro atoms. The van der Waals surface area contributed by atoms with E-state index in [9.17, 15) is 9.32 Å². The molecule has 4 heteroatoms. The molecule has 0 heterocycles. The average Bonchev–Trinajstić information content (AvgIpc) is 2.70. The van der Waals surface area contributed by atoms with E-state index >= 15 is 0 Å². The van der Waals surface area contributed by atoms with Gasteiger partial charge in [0, 0.05) is 10.3 Å². The molecule has 0 fully saturated rings. The van der Waals surface area contributed by atoms with Crippen molar-refractivity contribution in [3.8, 4) is 5.75 Å². The quantitative estimate of drug-likeness (QED) is 0.529. The van der Waals surface area contributed by atoms with Crippen LogP contribution >= 0.6 is 0 Å². The Morgan fingerprint density at radius 1 is 1.19 bits per heavy atom. The second kappa shape index (κ2) is 11.1. The zero-order valence-corrected chi connectivity index (χ0v) is 17.3. The highest BCUT2D eigenvalue weighted by Gasteiger charge is 2.18. The molecule has 1 N–H and O–H groups in total. The van der Waals surface area contributed by atoms with Gasteiger partial charge in [-0.1, -0.05) is 69.5 Å². The van der Waals surface area contributed by atoms with E-state index in [1.54, 1.807) is 13.2 Å². The van der Waals surface area contributed by atoms with Gasteiger partial charge >= 0.3 is 0 Å². The third-order valence-corrected chi connectivity index (χ3v) is 5.90. The van der Waals surface area contributed by atoms with Crippen LogP contribution in [0, 0.1) is 0 Å². The van der Waals surface area contributed by atoms with Gasteiger partial charge in [-0.05, 0) is 36.4 Å². The molecule has 0 saturated heterocycles. The molecule has 2 rings (SSSR count). The van der Waals surface area contributed by atoms with E-state index in [1.165, 1.54) is 0 Å². The summed E-state index contributed by atoms with van der Waals surface area (Å²) in [7, 11) is 0.147. The minimum Gasteiger partial charge on any atom is -0.495 e. The summed E-state index contributed by atoms with van der Waals surface area (Å²) >= 11 is 0. The second-order valence-corrected chi connectivity index (χ2v) is 7.97. The molecule has 0 amide bonds. The van der Waals surface area contributed by atoms with Crippen molar-refractivity contribution in [3.63, 3.8) is 0 Å². The normalized spacial score (nSPS) is 14.6. The van der Waals surface area contributed by atoms with Gasteiger partial charge < -0.3 is 9.84 Å². The van der Waals surface area contributed by atoms with Gasteiger partial charge in [0.25, 0.3) is 0 Å². The number of methoxy groups -OCH3 is 1. The van der Waals surface area contributed by atoms with Crippen LogP contribution in [0.25, 0.3) is 10.8 Å². The number of hydrogen-bond acceptors (Lipinski definition) is 3. The van der Waals surface area contributed by atoms with Crippen LogP contribution in [-0.4, -0.2) is 22.5 Å². The minimum absolute atomic E-state index is 0.601. The number of fused-ring (bicyclic) bond motifs is 1. The Kier molecular flexibility index (Phi) is 8.76. The summed E-state index contributed by atoms with van der Waals surface area (Å²) in [6.07, 6.45) is 9.60. The average molecular weight is 387 g/mol. The topological polar surface area (TPSA) is 46.5 Å².